The molecule has 0 aromatic heterocycles. The number of hydrogen-bond donors (Lipinski definition) is 12. The largest absolute Gasteiger partial charge is 0.481 e. The molecule has 13 N–H and O–H groups in total. The number of thiocarbonyl (C=S) groups is 1. The smallest absolute Gasteiger partial charge is 0.336 e. The van der Waals surface area contributed by atoms with Crippen LogP contribution in [0.15, 0.2) is 118 Å². The Morgan fingerprint density at radius 1 is 0.683 bits per heavy atom. The van der Waals surface area contributed by atoms with Crippen LogP contribution in [0.3, 0.4) is 0 Å². The molecular weight excluding hydrogens is 1360 g/mol. The van der Waals surface area contributed by atoms with Crippen LogP contribution in [0.4, 0.5) is 32.3 Å². The third-order valence-corrected chi connectivity index (χ3v) is 18.4. The van der Waals surface area contributed by atoms with E-state index in [0.717, 1.165) is 37.8 Å². The van der Waals surface area contributed by atoms with Crippen LogP contribution in [0.5, 0.6) is 0 Å². The van der Waals surface area contributed by atoms with Crippen LogP contribution in [0.2, 0.25) is 0 Å². The number of carboxylic acids is 4. The molecule has 2 aliphatic carbocycles. The van der Waals surface area contributed by atoms with Crippen molar-refractivity contribution in [2.75, 3.05) is 53.7 Å². The van der Waals surface area contributed by atoms with Gasteiger partial charge < -0.3 is 77.6 Å². The molecule has 29 heteroatoms. The fraction of sp³-hybridized carbons (Fsp3) is 0.413. The fourth-order valence-electron chi connectivity index (χ4n) is 12.6. The summed E-state index contributed by atoms with van der Waals surface area (Å²) in [6, 6.07) is 25.8. The predicted octanol–water partition coefficient (Wildman–Crippen LogP) is 9.00. The maximum Gasteiger partial charge on any atom is 0.336 e. The van der Waals surface area contributed by atoms with Gasteiger partial charge in [-0.05, 0) is 138 Å². The van der Waals surface area contributed by atoms with Gasteiger partial charge in [0.05, 0.1) is 41.9 Å². The number of primary amides is 1. The van der Waals surface area contributed by atoms with E-state index < -0.39 is 95.8 Å². The summed E-state index contributed by atoms with van der Waals surface area (Å²) in [6.45, 7) is 7.40. The zero-order chi connectivity index (χ0) is 75.9. The second-order valence-corrected chi connectivity index (χ2v) is 27.3. The molecular formula is C75H90N10O18S. The molecule has 1 fully saturated rings. The van der Waals surface area contributed by atoms with Crippen LogP contribution < -0.4 is 58.2 Å². The van der Waals surface area contributed by atoms with Gasteiger partial charge in [-0.3, -0.25) is 43.2 Å². The number of aromatic carboxylic acids is 1. The number of nitrogens with two attached hydrogens (primary N) is 1. The van der Waals surface area contributed by atoms with Crippen LogP contribution in [-0.2, 0) is 38.4 Å². The van der Waals surface area contributed by atoms with Gasteiger partial charge in [0.1, 0.15) is 29.2 Å². The lowest BCUT2D eigenvalue weighted by atomic mass is 9.90. The fourth-order valence-corrected chi connectivity index (χ4v) is 12.8. The van der Waals surface area contributed by atoms with Gasteiger partial charge in [-0.1, -0.05) is 88.6 Å². The van der Waals surface area contributed by atoms with E-state index in [1.165, 1.54) is 43.1 Å². The van der Waals surface area contributed by atoms with Crippen LogP contribution in [0, 0.1) is 17.3 Å². The number of hydrogen-bond acceptors (Lipinski definition) is 17. The van der Waals surface area contributed by atoms with E-state index in [1.807, 2.05) is 45.0 Å². The summed E-state index contributed by atoms with van der Waals surface area (Å²) in [5.41, 5.74) is 8.57. The number of para-hydroxylation sites is 3. The quantitative estimate of drug-likeness (QED) is 0.00791. The minimum atomic E-state index is -1.35. The number of anilines is 4. The maximum atomic E-state index is 14.2. The molecule has 4 aromatic carbocycles. The van der Waals surface area contributed by atoms with Crippen molar-refractivity contribution in [2.45, 2.75) is 148 Å². The van der Waals surface area contributed by atoms with Gasteiger partial charge in [0.25, 0.3) is 5.91 Å². The summed E-state index contributed by atoms with van der Waals surface area (Å²) in [5.74, 6) is -9.03. The summed E-state index contributed by atoms with van der Waals surface area (Å²) >= 11 is 5.41. The zero-order valence-corrected chi connectivity index (χ0v) is 59.5. The number of nitrogens with zero attached hydrogens (tertiary/aromatic N) is 2. The van der Waals surface area contributed by atoms with Crippen LogP contribution in [0.25, 0.3) is 33.4 Å². The molecule has 0 bridgehead atoms. The molecule has 2 heterocycles. The van der Waals surface area contributed by atoms with Crippen molar-refractivity contribution >= 4 is 122 Å². The lowest BCUT2D eigenvalue weighted by Crippen LogP contribution is -2.55. The molecule has 2 aliphatic heterocycles. The van der Waals surface area contributed by atoms with Crippen molar-refractivity contribution in [3.05, 3.63) is 131 Å². The Bertz CT molecular complexity index is 4200. The second kappa shape index (κ2) is 37.8. The average Bonchev–Trinajstić information content (AvgIpc) is 0.885. The number of amides is 6. The average molecular weight is 1450 g/mol. The molecule has 3 unspecified atom stereocenters. The molecule has 0 saturated heterocycles. The van der Waals surface area contributed by atoms with Crippen molar-refractivity contribution in [3.63, 3.8) is 0 Å². The minimum Gasteiger partial charge on any atom is -0.481 e. The molecule has 554 valence electrons. The van der Waals surface area contributed by atoms with Gasteiger partial charge in [-0.2, -0.15) is 0 Å². The Morgan fingerprint density at radius 2 is 1.36 bits per heavy atom. The van der Waals surface area contributed by atoms with Gasteiger partial charge in [0.15, 0.2) is 27.9 Å². The van der Waals surface area contributed by atoms with E-state index in [-0.39, 0.29) is 103 Å². The molecule has 104 heavy (non-hydrogen) atoms. The first-order valence-electron chi connectivity index (χ1n) is 34.4. The predicted molar refractivity (Wildman–Crippen MR) is 394 cm³/mol. The third kappa shape index (κ3) is 23.0. The summed E-state index contributed by atoms with van der Waals surface area (Å²) in [7, 11) is 1.53. The normalized spacial score (nSPS) is 14.9. The number of carboxylic acid groups (broad SMARTS) is 4. The Labute approximate surface area is 606 Å². The van der Waals surface area contributed by atoms with Gasteiger partial charge >= 0.3 is 35.9 Å². The number of likely N-dealkylation sites (N-methyl/N-ethyl adjacent to an activating group) is 1. The van der Waals surface area contributed by atoms with Crippen LogP contribution >= 0.6 is 12.2 Å². The number of carbonyl (C=O) groups excluding carboxylic acids is 8. The molecule has 4 aliphatic rings. The summed E-state index contributed by atoms with van der Waals surface area (Å²) in [6.07, 6.45) is 5.19. The first-order valence-corrected chi connectivity index (χ1v) is 34.8. The van der Waals surface area contributed by atoms with Crippen molar-refractivity contribution in [1.82, 2.24) is 26.6 Å². The lowest BCUT2D eigenvalue weighted by molar-refractivity contribution is -0.144. The number of rotatable bonds is 33. The maximum absolute atomic E-state index is 14.2. The second-order valence-electron chi connectivity index (χ2n) is 26.8. The molecule has 8 rings (SSSR count). The summed E-state index contributed by atoms with van der Waals surface area (Å²) in [4.78, 5) is 166. The topological polar surface area (TPSA) is 433 Å². The molecule has 4 aromatic rings. The van der Waals surface area contributed by atoms with E-state index >= 15 is 0 Å². The van der Waals surface area contributed by atoms with Crippen molar-refractivity contribution in [1.29, 1.82) is 0 Å². The molecule has 0 radical (unpaired) electrons. The molecule has 6 amide bonds. The van der Waals surface area contributed by atoms with E-state index in [1.54, 1.807) is 60.7 Å². The zero-order valence-electron chi connectivity index (χ0n) is 58.7. The number of ketones is 4. The molecule has 0 spiro atoms. The third-order valence-electron chi connectivity index (χ3n) is 18.2. The lowest BCUT2D eigenvalue weighted by Gasteiger charge is -2.37. The number of carbonyl (C=O) groups is 12. The Morgan fingerprint density at radius 3 is 2.02 bits per heavy atom. The van der Waals surface area contributed by atoms with Crippen LogP contribution in [-0.4, -0.2) is 154 Å². The number of aliphatic carboxylic acids is 3. The van der Waals surface area contributed by atoms with Gasteiger partial charge in [-0.15, -0.1) is 0 Å². The highest BCUT2D eigenvalue weighted by molar-refractivity contribution is 7.80. The van der Waals surface area contributed by atoms with Crippen LogP contribution in [0.1, 0.15) is 145 Å². The number of nitrogens with one attached hydrogen (secondary N) is 7. The Kier molecular flexibility index (Phi) is 29.2. The highest BCUT2D eigenvalue weighted by Crippen LogP contribution is 2.42. The van der Waals surface area contributed by atoms with Crippen molar-refractivity contribution in [2.24, 2.45) is 23.0 Å². The first-order chi connectivity index (χ1) is 49.4. The molecule has 5 atom stereocenters. The number of urea groups is 2. The van der Waals surface area contributed by atoms with Gasteiger partial charge in [0, 0.05) is 95.8 Å². The minimum absolute atomic E-state index is 0.00161. The van der Waals surface area contributed by atoms with E-state index in [4.69, 9.17) is 27.5 Å². The number of Topliss-reactive ketones (excluding diaryl/α,β-unsaturated/α-hetero) is 4. The summed E-state index contributed by atoms with van der Waals surface area (Å²) < 4.78 is 5.95. The summed E-state index contributed by atoms with van der Waals surface area (Å²) in [5, 5.41) is 58.3. The SMILES string of the molecule is CC(=O)C(CCC(=O)O)CC(=O)c1cccc(NC(=O)N[C@@H]2CN(C3CCCCC3)c3ccccc3N(CC(=O)C(C)(C)C)C2=O)c1.CNC(CCCNC(N)=O)C(=O)CC(CC(=O)O)C(=O)N[C@@H](CCCCNC(=S)Nc1ccc(-c2c3ccc(=O)cc-3oc3ccccc23)c(C(=O)O)c1)C(=O)O. The van der Waals surface area contributed by atoms with Gasteiger partial charge in [0.2, 0.25) is 5.91 Å². The number of unbranched alkanes of at least 4 members (excludes halogenated alkanes) is 1. The van der Waals surface area contributed by atoms with E-state index in [2.05, 4.69) is 42.1 Å². The monoisotopic (exact) mass is 1450 g/mol. The Balaban J connectivity index is 0.000000296. The molecule has 1 saturated carbocycles. The highest BCUT2D eigenvalue weighted by Gasteiger charge is 2.40. The number of fused-ring (bicyclic) bond motifs is 3. The first kappa shape index (κ1) is 80.4. The molecule has 28 nitrogen and oxygen atoms in total. The highest BCUT2D eigenvalue weighted by atomic mass is 32.1. The standard InChI is InChI=1S/C39H44N6O11S.C36H46N4O7/c1-41-28(9-6-16-42-38(40)55)30(47)17-21(18-33(48)49)35(50)45-29(37(53)54)8-4-5-15-43-39(57)44-22-11-13-24(27(19-22)36(51)52)34-25-7-2-3-10-31(25)56-32-20-23(46)12-14-26(32)34;1-23(41)24(17-18-33(44)45)20-31(42)25-11-10-12-26(19-25)37-35(47)38-28-21-39(27-13-6-5-7-14-27)29-15-8-9-16-30(29)40(34(28)46)22-32(43)36(2,3)4/h2-3,7,10-14,19-21,28-29,41H,4-6,8-9,15-18H2,1H3,(H,45,50)(H,48,49)(H,51,52)(H,53,54)(H3,40,42,55)(H2,43,44,57);8-12,15-16,19,24,27-28H,5-7,13-14,17-18,20-22H2,1-4H3,(H,44,45)(H2,37,38,47)/t21?,28?,29-;24?,28-/m01/s1. The van der Waals surface area contributed by atoms with Gasteiger partial charge in [-0.25, -0.2) is 19.2 Å². The van der Waals surface area contributed by atoms with Crippen molar-refractivity contribution < 1.29 is 82.4 Å². The van der Waals surface area contributed by atoms with E-state index in [0.29, 0.717) is 76.3 Å². The Hall–Kier alpha value is -10.9. The number of benzene rings is 5. The van der Waals surface area contributed by atoms with Crippen molar-refractivity contribution in [3.8, 4) is 22.5 Å². The van der Waals surface area contributed by atoms with E-state index in [9.17, 15) is 77.6 Å².